The molecule has 10 heavy (non-hydrogen) atoms. The molecule has 2 rings (SSSR count). The first-order valence-corrected chi connectivity index (χ1v) is 4.66. The van der Waals surface area contributed by atoms with Gasteiger partial charge in [-0.25, -0.2) is 0 Å². The SMILES string of the molecule is CC1(C)CCC12CCCC2. The summed E-state index contributed by atoms with van der Waals surface area (Å²) in [5.74, 6) is 0. The fourth-order valence-corrected chi connectivity index (χ4v) is 2.96. The zero-order valence-corrected chi connectivity index (χ0v) is 7.24. The van der Waals surface area contributed by atoms with Crippen LogP contribution in [0, 0.1) is 10.8 Å². The second-order valence-electron chi connectivity index (χ2n) is 4.87. The molecule has 2 aliphatic carbocycles. The van der Waals surface area contributed by atoms with E-state index in [9.17, 15) is 0 Å². The van der Waals surface area contributed by atoms with E-state index >= 15 is 0 Å². The van der Waals surface area contributed by atoms with Crippen molar-refractivity contribution in [1.82, 2.24) is 0 Å². The molecule has 0 bridgehead atoms. The Balaban J connectivity index is 2.15. The third kappa shape index (κ3) is 0.627. The van der Waals surface area contributed by atoms with Gasteiger partial charge < -0.3 is 0 Å². The fourth-order valence-electron chi connectivity index (χ4n) is 2.96. The van der Waals surface area contributed by atoms with Gasteiger partial charge in [0.1, 0.15) is 0 Å². The molecular weight excluding hydrogens is 120 g/mol. The van der Waals surface area contributed by atoms with E-state index in [-0.39, 0.29) is 0 Å². The third-order valence-electron chi connectivity index (χ3n) is 4.22. The van der Waals surface area contributed by atoms with Gasteiger partial charge in [0.15, 0.2) is 0 Å². The Kier molecular flexibility index (Phi) is 1.19. The Morgan fingerprint density at radius 2 is 1.40 bits per heavy atom. The zero-order chi connectivity index (χ0) is 7.24. The molecule has 0 aromatic rings. The Morgan fingerprint density at radius 1 is 0.800 bits per heavy atom. The van der Waals surface area contributed by atoms with Crippen LogP contribution in [0.15, 0.2) is 0 Å². The van der Waals surface area contributed by atoms with Crippen LogP contribution in [0.3, 0.4) is 0 Å². The van der Waals surface area contributed by atoms with E-state index in [4.69, 9.17) is 0 Å². The van der Waals surface area contributed by atoms with E-state index in [2.05, 4.69) is 13.8 Å². The topological polar surface area (TPSA) is 0 Å². The lowest BCUT2D eigenvalue weighted by molar-refractivity contribution is -0.0450. The lowest BCUT2D eigenvalue weighted by Crippen LogP contribution is -2.45. The van der Waals surface area contributed by atoms with E-state index in [0.29, 0.717) is 5.41 Å². The summed E-state index contributed by atoms with van der Waals surface area (Å²) in [5, 5.41) is 0. The van der Waals surface area contributed by atoms with Gasteiger partial charge in [0.05, 0.1) is 0 Å². The standard InChI is InChI=1S/C10H18/c1-9(2)7-8-10(9)5-3-4-6-10/h3-8H2,1-2H3. The first-order valence-electron chi connectivity index (χ1n) is 4.66. The van der Waals surface area contributed by atoms with Crippen LogP contribution in [0.4, 0.5) is 0 Å². The summed E-state index contributed by atoms with van der Waals surface area (Å²) in [4.78, 5) is 0. The largest absolute Gasteiger partial charge is 0.0594 e. The van der Waals surface area contributed by atoms with Crippen LogP contribution >= 0.6 is 0 Å². The highest BCUT2D eigenvalue weighted by Crippen LogP contribution is 2.64. The average Bonchev–Trinajstić information content (AvgIpc) is 2.34. The highest BCUT2D eigenvalue weighted by Gasteiger charge is 2.53. The summed E-state index contributed by atoms with van der Waals surface area (Å²) in [5.41, 5.74) is 1.51. The fraction of sp³-hybridized carbons (Fsp3) is 1.00. The van der Waals surface area contributed by atoms with Crippen molar-refractivity contribution < 1.29 is 0 Å². The molecule has 2 fully saturated rings. The minimum absolute atomic E-state index is 0.698. The molecule has 0 heteroatoms. The van der Waals surface area contributed by atoms with Gasteiger partial charge >= 0.3 is 0 Å². The van der Waals surface area contributed by atoms with Crippen LogP contribution in [-0.4, -0.2) is 0 Å². The van der Waals surface area contributed by atoms with Crippen molar-refractivity contribution in [2.75, 3.05) is 0 Å². The molecule has 0 N–H and O–H groups in total. The van der Waals surface area contributed by atoms with Crippen molar-refractivity contribution in [3.8, 4) is 0 Å². The van der Waals surface area contributed by atoms with Gasteiger partial charge in [0.2, 0.25) is 0 Å². The number of hydrogen-bond acceptors (Lipinski definition) is 0. The zero-order valence-electron chi connectivity index (χ0n) is 7.24. The van der Waals surface area contributed by atoms with Crippen molar-refractivity contribution in [3.63, 3.8) is 0 Å². The summed E-state index contributed by atoms with van der Waals surface area (Å²) in [6.07, 6.45) is 9.07. The summed E-state index contributed by atoms with van der Waals surface area (Å²) in [6, 6.07) is 0. The minimum Gasteiger partial charge on any atom is -0.0594 e. The van der Waals surface area contributed by atoms with E-state index in [1.54, 1.807) is 0 Å². The molecule has 0 aliphatic heterocycles. The van der Waals surface area contributed by atoms with Gasteiger partial charge in [0, 0.05) is 0 Å². The predicted molar refractivity (Wildman–Crippen MR) is 43.9 cm³/mol. The molecule has 0 aromatic heterocycles. The smallest absolute Gasteiger partial charge is 0.0246 e. The molecule has 1 spiro atoms. The number of hydrogen-bond donors (Lipinski definition) is 0. The van der Waals surface area contributed by atoms with Crippen LogP contribution < -0.4 is 0 Å². The van der Waals surface area contributed by atoms with E-state index < -0.39 is 0 Å². The molecule has 58 valence electrons. The third-order valence-corrected chi connectivity index (χ3v) is 4.22. The minimum atomic E-state index is 0.698. The Labute approximate surface area is 64.0 Å². The molecule has 2 aliphatic rings. The molecule has 0 radical (unpaired) electrons. The maximum atomic E-state index is 2.46. The van der Waals surface area contributed by atoms with Gasteiger partial charge in [0.25, 0.3) is 0 Å². The Hall–Kier alpha value is 0. The maximum absolute atomic E-state index is 2.46. The van der Waals surface area contributed by atoms with Gasteiger partial charge in [-0.15, -0.1) is 0 Å². The molecule has 0 unspecified atom stereocenters. The van der Waals surface area contributed by atoms with Crippen molar-refractivity contribution in [3.05, 3.63) is 0 Å². The van der Waals surface area contributed by atoms with Crippen molar-refractivity contribution >= 4 is 0 Å². The van der Waals surface area contributed by atoms with Crippen molar-refractivity contribution in [2.45, 2.75) is 52.4 Å². The molecule has 0 saturated heterocycles. The monoisotopic (exact) mass is 138 g/mol. The average molecular weight is 138 g/mol. The van der Waals surface area contributed by atoms with Crippen LogP contribution in [0.5, 0.6) is 0 Å². The van der Waals surface area contributed by atoms with Crippen LogP contribution in [-0.2, 0) is 0 Å². The first-order chi connectivity index (χ1) is 4.66. The molecule has 0 amide bonds. The van der Waals surface area contributed by atoms with Crippen LogP contribution in [0.25, 0.3) is 0 Å². The summed E-state index contributed by atoms with van der Waals surface area (Å²) in [7, 11) is 0. The highest BCUT2D eigenvalue weighted by atomic mass is 14.6. The summed E-state index contributed by atoms with van der Waals surface area (Å²) < 4.78 is 0. The second-order valence-corrected chi connectivity index (χ2v) is 4.87. The summed E-state index contributed by atoms with van der Waals surface area (Å²) in [6.45, 7) is 4.92. The highest BCUT2D eigenvalue weighted by molar-refractivity contribution is 5.03. The summed E-state index contributed by atoms with van der Waals surface area (Å²) >= 11 is 0. The lowest BCUT2D eigenvalue weighted by Gasteiger charge is -2.55. The quantitative estimate of drug-likeness (QED) is 0.481. The molecule has 2 saturated carbocycles. The van der Waals surface area contributed by atoms with Gasteiger partial charge in [-0.05, 0) is 36.5 Å². The Bertz CT molecular complexity index is 138. The molecule has 0 atom stereocenters. The number of rotatable bonds is 0. The Morgan fingerprint density at radius 3 is 1.60 bits per heavy atom. The molecule has 0 nitrogen and oxygen atoms in total. The maximum Gasteiger partial charge on any atom is -0.0246 e. The van der Waals surface area contributed by atoms with E-state index in [1.165, 1.54) is 38.5 Å². The van der Waals surface area contributed by atoms with Crippen molar-refractivity contribution in [2.24, 2.45) is 10.8 Å². The normalized spacial score (nSPS) is 34.2. The van der Waals surface area contributed by atoms with E-state index in [0.717, 1.165) is 5.41 Å². The molecule has 0 aromatic carbocycles. The van der Waals surface area contributed by atoms with Gasteiger partial charge in [-0.3, -0.25) is 0 Å². The first kappa shape index (κ1) is 6.69. The van der Waals surface area contributed by atoms with Crippen molar-refractivity contribution in [1.29, 1.82) is 0 Å². The molecular formula is C10H18. The molecule has 0 heterocycles. The predicted octanol–water partition coefficient (Wildman–Crippen LogP) is 3.37. The van der Waals surface area contributed by atoms with Crippen LogP contribution in [0.2, 0.25) is 0 Å². The van der Waals surface area contributed by atoms with Gasteiger partial charge in [-0.2, -0.15) is 0 Å². The lowest BCUT2D eigenvalue weighted by atomic mass is 9.50. The second kappa shape index (κ2) is 1.78. The van der Waals surface area contributed by atoms with E-state index in [1.807, 2.05) is 0 Å². The van der Waals surface area contributed by atoms with Gasteiger partial charge in [-0.1, -0.05) is 26.7 Å². The van der Waals surface area contributed by atoms with Crippen LogP contribution in [0.1, 0.15) is 52.4 Å².